The third-order valence-corrected chi connectivity index (χ3v) is 5.61. The number of pyridine rings is 1. The number of methoxy groups -OCH3 is 1. The van der Waals surface area contributed by atoms with Gasteiger partial charge in [0.25, 0.3) is 0 Å². The first-order valence-corrected chi connectivity index (χ1v) is 9.49. The predicted octanol–water partition coefficient (Wildman–Crippen LogP) is 2.96. The Bertz CT molecular complexity index is 1000. The highest BCUT2D eigenvalue weighted by molar-refractivity contribution is 5.83. The fraction of sp³-hybridized carbons (Fsp3) is 0.273. The van der Waals surface area contributed by atoms with Crippen molar-refractivity contribution in [1.82, 2.24) is 15.2 Å². The van der Waals surface area contributed by atoms with Gasteiger partial charge in [-0.25, -0.2) is 0 Å². The summed E-state index contributed by atoms with van der Waals surface area (Å²) in [4.78, 5) is 18.9. The van der Waals surface area contributed by atoms with Gasteiger partial charge in [-0.15, -0.1) is 0 Å². The van der Waals surface area contributed by atoms with E-state index in [1.807, 2.05) is 30.3 Å². The summed E-state index contributed by atoms with van der Waals surface area (Å²) >= 11 is 0. The van der Waals surface area contributed by atoms with Crippen LogP contribution >= 0.6 is 0 Å². The van der Waals surface area contributed by atoms with Crippen molar-refractivity contribution in [3.8, 4) is 17.0 Å². The third-order valence-electron chi connectivity index (χ3n) is 5.61. The molecule has 0 aliphatic carbocycles. The molecule has 0 amide bonds. The van der Waals surface area contributed by atoms with Crippen LogP contribution in [0.25, 0.3) is 11.3 Å². The maximum Gasteiger partial charge on any atom is 0.316 e. The van der Waals surface area contributed by atoms with Crippen molar-refractivity contribution in [2.24, 2.45) is 0 Å². The highest BCUT2D eigenvalue weighted by Gasteiger charge is 2.44. The van der Waals surface area contributed by atoms with Crippen molar-refractivity contribution in [1.29, 1.82) is 0 Å². The lowest BCUT2D eigenvalue weighted by molar-refractivity contribution is -0.148. The number of benzene rings is 1. The van der Waals surface area contributed by atoms with Crippen LogP contribution in [-0.4, -0.2) is 46.5 Å². The summed E-state index contributed by atoms with van der Waals surface area (Å²) in [7, 11) is 1.43. The zero-order chi connectivity index (χ0) is 20.3. The predicted molar refractivity (Wildman–Crippen MR) is 109 cm³/mol. The molecular formula is C22H22N4O3. The first-order chi connectivity index (χ1) is 14.1. The fourth-order valence-corrected chi connectivity index (χ4v) is 3.97. The van der Waals surface area contributed by atoms with Gasteiger partial charge in [0, 0.05) is 31.0 Å². The lowest BCUT2D eigenvalue weighted by Gasteiger charge is -2.40. The number of rotatable bonds is 4. The van der Waals surface area contributed by atoms with Crippen molar-refractivity contribution in [2.75, 3.05) is 25.1 Å². The molecule has 7 nitrogen and oxygen atoms in total. The number of phenolic OH excluding ortho intramolecular Hbond substituents is 1. The Kier molecular flexibility index (Phi) is 5.12. The number of ether oxygens (including phenoxy) is 1. The number of esters is 1. The zero-order valence-corrected chi connectivity index (χ0v) is 16.2. The average Bonchev–Trinajstić information content (AvgIpc) is 2.79. The maximum absolute atomic E-state index is 12.7. The second-order valence-electron chi connectivity index (χ2n) is 7.11. The minimum Gasteiger partial charge on any atom is -0.507 e. The van der Waals surface area contributed by atoms with Gasteiger partial charge < -0.3 is 14.7 Å². The molecule has 0 atom stereocenters. The number of carbonyl (C=O) groups is 1. The molecule has 1 aliphatic rings. The fourth-order valence-electron chi connectivity index (χ4n) is 3.97. The average molecular weight is 390 g/mol. The number of carbonyl (C=O) groups excluding carboxylic acids is 1. The van der Waals surface area contributed by atoms with Gasteiger partial charge in [0.2, 0.25) is 0 Å². The lowest BCUT2D eigenvalue weighted by Crippen LogP contribution is -2.48. The number of anilines is 1. The highest BCUT2D eigenvalue weighted by Crippen LogP contribution is 2.38. The van der Waals surface area contributed by atoms with Crippen LogP contribution < -0.4 is 4.90 Å². The number of aromatic nitrogens is 3. The summed E-state index contributed by atoms with van der Waals surface area (Å²) in [6.07, 6.45) is 6.37. The molecule has 3 aromatic rings. The molecule has 0 bridgehead atoms. The summed E-state index contributed by atoms with van der Waals surface area (Å²) in [5.74, 6) is -0.0499. The molecule has 1 N–H and O–H groups in total. The van der Waals surface area contributed by atoms with E-state index >= 15 is 0 Å². The summed E-state index contributed by atoms with van der Waals surface area (Å²) in [6, 6.07) is 12.7. The molecule has 3 heterocycles. The first kappa shape index (κ1) is 18.9. The van der Waals surface area contributed by atoms with Crippen LogP contribution in [0.4, 0.5) is 5.69 Å². The van der Waals surface area contributed by atoms with E-state index in [4.69, 9.17) is 4.74 Å². The summed E-state index contributed by atoms with van der Waals surface area (Å²) in [5, 5.41) is 18.4. The molecule has 29 heavy (non-hydrogen) atoms. The SMILES string of the molecule is COC(=O)C1(c2ccncc2)CCN(c2cnnc(-c3ccccc3O)c2)CC1. The quantitative estimate of drug-likeness (QED) is 0.685. The number of nitrogens with zero attached hydrogens (tertiary/aromatic N) is 4. The second-order valence-corrected chi connectivity index (χ2v) is 7.11. The largest absolute Gasteiger partial charge is 0.507 e. The number of para-hydroxylation sites is 1. The van der Waals surface area contributed by atoms with Crippen LogP contribution in [0.5, 0.6) is 5.75 Å². The molecule has 148 valence electrons. The van der Waals surface area contributed by atoms with Gasteiger partial charge >= 0.3 is 5.97 Å². The van der Waals surface area contributed by atoms with Crippen molar-refractivity contribution < 1.29 is 14.6 Å². The Balaban J connectivity index is 1.59. The molecule has 7 heteroatoms. The molecule has 1 aromatic carbocycles. The second kappa shape index (κ2) is 7.87. The van der Waals surface area contributed by atoms with Crippen LogP contribution in [0.1, 0.15) is 18.4 Å². The third kappa shape index (κ3) is 3.51. The molecular weight excluding hydrogens is 368 g/mol. The van der Waals surface area contributed by atoms with Gasteiger partial charge in [-0.05, 0) is 48.7 Å². The van der Waals surface area contributed by atoms with E-state index in [-0.39, 0.29) is 11.7 Å². The Hall–Kier alpha value is -3.48. The monoisotopic (exact) mass is 390 g/mol. The van der Waals surface area contributed by atoms with Crippen LogP contribution in [0.15, 0.2) is 61.1 Å². The number of hydrogen-bond donors (Lipinski definition) is 1. The minimum absolute atomic E-state index is 0.167. The molecule has 2 aromatic heterocycles. The standard InChI is InChI=1S/C22H22N4O3/c1-29-21(28)22(16-6-10-23-11-7-16)8-12-26(13-9-22)17-14-19(25-24-15-17)18-4-2-3-5-20(18)27/h2-7,10-11,14-15,27H,8-9,12-13H2,1H3. The number of piperidine rings is 1. The van der Waals surface area contributed by atoms with Gasteiger partial charge in [-0.2, -0.15) is 10.2 Å². The van der Waals surface area contributed by atoms with E-state index in [9.17, 15) is 9.90 Å². The molecule has 1 saturated heterocycles. The van der Waals surface area contributed by atoms with Gasteiger partial charge in [0.15, 0.2) is 0 Å². The normalized spacial score (nSPS) is 15.7. The van der Waals surface area contributed by atoms with E-state index < -0.39 is 5.41 Å². The van der Waals surface area contributed by atoms with Crippen LogP contribution in [0, 0.1) is 0 Å². The Morgan fingerprint density at radius 3 is 2.55 bits per heavy atom. The van der Waals surface area contributed by atoms with Crippen LogP contribution in [0.3, 0.4) is 0 Å². The molecule has 0 unspecified atom stereocenters. The minimum atomic E-state index is -0.671. The molecule has 1 aliphatic heterocycles. The van der Waals surface area contributed by atoms with Crippen LogP contribution in [-0.2, 0) is 14.9 Å². The van der Waals surface area contributed by atoms with Crippen molar-refractivity contribution in [2.45, 2.75) is 18.3 Å². The summed E-state index contributed by atoms with van der Waals surface area (Å²) in [6.45, 7) is 1.34. The van der Waals surface area contributed by atoms with Crippen molar-refractivity contribution in [3.05, 3.63) is 66.6 Å². The van der Waals surface area contributed by atoms with Crippen molar-refractivity contribution in [3.63, 3.8) is 0 Å². The topological polar surface area (TPSA) is 88.4 Å². The summed E-state index contributed by atoms with van der Waals surface area (Å²) in [5.41, 5.74) is 2.42. The Labute approximate surface area is 169 Å². The van der Waals surface area contributed by atoms with Crippen molar-refractivity contribution >= 4 is 11.7 Å². The molecule has 0 spiro atoms. The van der Waals surface area contributed by atoms with Crippen LogP contribution in [0.2, 0.25) is 0 Å². The lowest BCUT2D eigenvalue weighted by atomic mass is 9.73. The van der Waals surface area contributed by atoms with Gasteiger partial charge in [0.1, 0.15) is 5.75 Å². The van der Waals surface area contributed by atoms with E-state index in [0.29, 0.717) is 37.2 Å². The van der Waals surface area contributed by atoms with Gasteiger partial charge in [-0.3, -0.25) is 9.78 Å². The number of phenols is 1. The summed E-state index contributed by atoms with van der Waals surface area (Å²) < 4.78 is 5.15. The van der Waals surface area contributed by atoms with E-state index in [1.165, 1.54) is 7.11 Å². The van der Waals surface area contributed by atoms with E-state index in [1.54, 1.807) is 30.7 Å². The Morgan fingerprint density at radius 2 is 1.86 bits per heavy atom. The Morgan fingerprint density at radius 1 is 1.14 bits per heavy atom. The first-order valence-electron chi connectivity index (χ1n) is 9.49. The molecule has 0 saturated carbocycles. The van der Waals surface area contributed by atoms with Gasteiger partial charge in [0.05, 0.1) is 30.1 Å². The maximum atomic E-state index is 12.7. The zero-order valence-electron chi connectivity index (χ0n) is 16.2. The molecule has 0 radical (unpaired) electrons. The number of hydrogen-bond acceptors (Lipinski definition) is 7. The smallest absolute Gasteiger partial charge is 0.316 e. The van der Waals surface area contributed by atoms with Gasteiger partial charge in [-0.1, -0.05) is 12.1 Å². The van der Waals surface area contributed by atoms with E-state index in [0.717, 1.165) is 11.3 Å². The highest BCUT2D eigenvalue weighted by atomic mass is 16.5. The number of aromatic hydroxyl groups is 1. The molecule has 4 rings (SSSR count). The van der Waals surface area contributed by atoms with E-state index in [2.05, 4.69) is 20.1 Å². The molecule has 1 fully saturated rings.